The first-order chi connectivity index (χ1) is 10.9. The van der Waals surface area contributed by atoms with E-state index in [-0.39, 0.29) is 18.9 Å². The van der Waals surface area contributed by atoms with Crippen LogP contribution in [-0.2, 0) is 7.05 Å². The predicted molar refractivity (Wildman–Crippen MR) is 82.5 cm³/mol. The summed E-state index contributed by atoms with van der Waals surface area (Å²) in [5.74, 6) is -2.23. The van der Waals surface area contributed by atoms with Gasteiger partial charge >= 0.3 is 6.03 Å². The quantitative estimate of drug-likeness (QED) is 0.908. The van der Waals surface area contributed by atoms with E-state index < -0.39 is 12.0 Å². The lowest BCUT2D eigenvalue weighted by Gasteiger charge is -2.35. The van der Waals surface area contributed by atoms with Gasteiger partial charge < -0.3 is 10.2 Å². The molecule has 0 aromatic carbocycles. The molecule has 128 valence electrons. The van der Waals surface area contributed by atoms with Gasteiger partial charge in [0.25, 0.3) is 0 Å². The van der Waals surface area contributed by atoms with Crippen LogP contribution < -0.4 is 5.32 Å². The first-order valence-corrected chi connectivity index (χ1v) is 8.36. The number of urea groups is 1. The van der Waals surface area contributed by atoms with E-state index in [1.54, 1.807) is 11.1 Å². The molecule has 5 nitrogen and oxygen atoms in total. The third-order valence-corrected chi connectivity index (χ3v) is 5.03. The van der Waals surface area contributed by atoms with Crippen molar-refractivity contribution in [1.29, 1.82) is 0 Å². The van der Waals surface area contributed by atoms with Gasteiger partial charge in [-0.05, 0) is 31.7 Å². The van der Waals surface area contributed by atoms with Crippen molar-refractivity contribution >= 4 is 6.03 Å². The Morgan fingerprint density at radius 1 is 1.35 bits per heavy atom. The monoisotopic (exact) mass is 326 g/mol. The molecule has 7 heteroatoms. The van der Waals surface area contributed by atoms with Gasteiger partial charge in [-0.15, -0.1) is 0 Å². The van der Waals surface area contributed by atoms with Gasteiger partial charge in [-0.25, -0.2) is 13.6 Å². The van der Waals surface area contributed by atoms with Crippen LogP contribution in [0.25, 0.3) is 0 Å². The molecule has 1 N–H and O–H groups in total. The molecular weight excluding hydrogens is 302 g/mol. The fraction of sp³-hybridized carbons (Fsp3) is 0.750. The minimum atomic E-state index is -2.64. The topological polar surface area (TPSA) is 50.2 Å². The van der Waals surface area contributed by atoms with Crippen LogP contribution in [0.5, 0.6) is 0 Å². The van der Waals surface area contributed by atoms with Crippen molar-refractivity contribution in [1.82, 2.24) is 20.0 Å². The molecule has 1 saturated heterocycles. The van der Waals surface area contributed by atoms with Gasteiger partial charge in [-0.3, -0.25) is 4.68 Å². The molecule has 1 aliphatic heterocycles. The number of alkyl halides is 2. The molecular formula is C16H24F2N4O. The lowest BCUT2D eigenvalue weighted by atomic mass is 9.92. The zero-order valence-electron chi connectivity index (χ0n) is 13.5. The number of halogens is 2. The molecule has 0 bridgehead atoms. The second kappa shape index (κ2) is 6.45. The van der Waals surface area contributed by atoms with E-state index in [1.807, 2.05) is 17.8 Å². The van der Waals surface area contributed by atoms with Crippen molar-refractivity contribution < 1.29 is 13.6 Å². The highest BCUT2D eigenvalue weighted by molar-refractivity contribution is 5.74. The first-order valence-electron chi connectivity index (χ1n) is 8.36. The summed E-state index contributed by atoms with van der Waals surface area (Å²) in [6.45, 7) is 1.32. The van der Waals surface area contributed by atoms with Crippen LogP contribution in [0.1, 0.15) is 50.1 Å². The molecule has 2 heterocycles. The highest BCUT2D eigenvalue weighted by Gasteiger charge is 2.37. The van der Waals surface area contributed by atoms with Crippen molar-refractivity contribution in [3.8, 4) is 0 Å². The molecule has 1 saturated carbocycles. The minimum absolute atomic E-state index is 0.0601. The number of carbonyl (C=O) groups excluding carboxylic acids is 1. The first kappa shape index (κ1) is 16.2. The Bertz CT molecular complexity index is 552. The van der Waals surface area contributed by atoms with Crippen molar-refractivity contribution in [3.05, 3.63) is 18.0 Å². The number of piperidine rings is 1. The smallest absolute Gasteiger partial charge is 0.317 e. The van der Waals surface area contributed by atoms with Gasteiger partial charge in [0, 0.05) is 56.8 Å². The molecule has 1 atom stereocenters. The number of nitrogens with zero attached hydrogens (tertiary/aromatic N) is 3. The van der Waals surface area contributed by atoms with E-state index in [2.05, 4.69) is 10.4 Å². The van der Waals surface area contributed by atoms with Crippen LogP contribution in [0.2, 0.25) is 0 Å². The van der Waals surface area contributed by atoms with E-state index in [0.29, 0.717) is 31.8 Å². The molecule has 2 fully saturated rings. The molecule has 23 heavy (non-hydrogen) atoms. The summed E-state index contributed by atoms with van der Waals surface area (Å²) >= 11 is 0. The van der Waals surface area contributed by atoms with Crippen LogP contribution >= 0.6 is 0 Å². The predicted octanol–water partition coefficient (Wildman–Crippen LogP) is 2.89. The van der Waals surface area contributed by atoms with E-state index >= 15 is 0 Å². The number of carbonyl (C=O) groups is 1. The second-order valence-corrected chi connectivity index (χ2v) is 6.74. The number of nitrogens with one attached hydrogen (secondary N) is 1. The maximum atomic E-state index is 13.4. The van der Waals surface area contributed by atoms with Crippen molar-refractivity contribution in [3.63, 3.8) is 0 Å². The van der Waals surface area contributed by atoms with Gasteiger partial charge in [0.15, 0.2) is 0 Å². The van der Waals surface area contributed by atoms with Crippen LogP contribution in [0, 0.1) is 0 Å². The lowest BCUT2D eigenvalue weighted by Crippen LogP contribution is -2.50. The Labute approximate surface area is 135 Å². The largest absolute Gasteiger partial charge is 0.335 e. The summed E-state index contributed by atoms with van der Waals surface area (Å²) in [4.78, 5) is 14.0. The summed E-state index contributed by atoms with van der Waals surface area (Å²) in [6, 6.07) is 1.42. The number of amides is 2. The van der Waals surface area contributed by atoms with Gasteiger partial charge in [-0.1, -0.05) is 0 Å². The van der Waals surface area contributed by atoms with Gasteiger partial charge in [0.2, 0.25) is 5.92 Å². The fourth-order valence-corrected chi connectivity index (χ4v) is 3.72. The normalized spacial score (nSPS) is 25.3. The minimum Gasteiger partial charge on any atom is -0.335 e. The van der Waals surface area contributed by atoms with E-state index in [1.165, 1.54) is 5.69 Å². The summed E-state index contributed by atoms with van der Waals surface area (Å²) in [5.41, 5.74) is 1.19. The average Bonchev–Trinajstić information content (AvgIpc) is 2.92. The third kappa shape index (κ3) is 3.82. The van der Waals surface area contributed by atoms with E-state index in [0.717, 1.165) is 12.8 Å². The van der Waals surface area contributed by atoms with Gasteiger partial charge in [0.1, 0.15) is 0 Å². The van der Waals surface area contributed by atoms with Gasteiger partial charge in [0.05, 0.1) is 0 Å². The fourth-order valence-electron chi connectivity index (χ4n) is 3.72. The van der Waals surface area contributed by atoms with Crippen molar-refractivity contribution in [2.24, 2.45) is 7.05 Å². The second-order valence-electron chi connectivity index (χ2n) is 6.74. The van der Waals surface area contributed by atoms with Crippen LogP contribution in [0.4, 0.5) is 13.6 Å². The third-order valence-electron chi connectivity index (χ3n) is 5.03. The number of hydrogen-bond donors (Lipinski definition) is 1. The van der Waals surface area contributed by atoms with E-state index in [9.17, 15) is 13.6 Å². The molecule has 3 rings (SSSR count). The Hall–Kier alpha value is -1.66. The summed E-state index contributed by atoms with van der Waals surface area (Å²) < 4.78 is 28.7. The molecule has 0 radical (unpaired) electrons. The number of likely N-dealkylation sites (tertiary alicyclic amines) is 1. The molecule has 1 aliphatic carbocycles. The maximum Gasteiger partial charge on any atom is 0.317 e. The maximum absolute atomic E-state index is 13.4. The summed E-state index contributed by atoms with van der Waals surface area (Å²) in [6.07, 6.45) is 4.38. The molecule has 1 unspecified atom stereocenters. The SMILES string of the molecule is Cn1nccc1C1CCN(C(=O)NC2CCCC(F)(F)C2)CC1. The number of aryl methyl sites for hydroxylation is 1. The lowest BCUT2D eigenvalue weighted by molar-refractivity contribution is -0.0429. The van der Waals surface area contributed by atoms with E-state index in [4.69, 9.17) is 0 Å². The van der Waals surface area contributed by atoms with Crippen molar-refractivity contribution in [2.75, 3.05) is 13.1 Å². The van der Waals surface area contributed by atoms with Crippen LogP contribution in [0.15, 0.2) is 12.3 Å². The Kier molecular flexibility index (Phi) is 4.55. The average molecular weight is 326 g/mol. The highest BCUT2D eigenvalue weighted by Crippen LogP contribution is 2.33. The zero-order valence-corrected chi connectivity index (χ0v) is 13.5. The van der Waals surface area contributed by atoms with Gasteiger partial charge in [-0.2, -0.15) is 5.10 Å². The highest BCUT2D eigenvalue weighted by atomic mass is 19.3. The van der Waals surface area contributed by atoms with Crippen LogP contribution in [-0.4, -0.2) is 45.8 Å². The number of hydrogen-bond acceptors (Lipinski definition) is 2. The zero-order chi connectivity index (χ0) is 16.4. The molecule has 2 aliphatic rings. The molecule has 2 amide bonds. The number of aromatic nitrogens is 2. The molecule has 1 aromatic rings. The standard InChI is InChI=1S/C16H24F2N4O/c1-21-14(4-8-19-21)12-5-9-22(10-6-12)15(23)20-13-3-2-7-16(17,18)11-13/h4,8,12-13H,2-3,5-7,9-11H2,1H3,(H,20,23). The summed E-state index contributed by atoms with van der Waals surface area (Å²) in [7, 11) is 1.93. The number of rotatable bonds is 2. The Morgan fingerprint density at radius 2 is 2.09 bits per heavy atom. The van der Waals surface area contributed by atoms with Crippen molar-refractivity contribution in [2.45, 2.75) is 56.4 Å². The Morgan fingerprint density at radius 3 is 2.70 bits per heavy atom. The Balaban J connectivity index is 1.49. The molecule has 0 spiro atoms. The summed E-state index contributed by atoms with van der Waals surface area (Å²) in [5, 5.41) is 6.98. The van der Waals surface area contributed by atoms with Crippen LogP contribution in [0.3, 0.4) is 0 Å². The molecule has 1 aromatic heterocycles.